The summed E-state index contributed by atoms with van der Waals surface area (Å²) in [6.45, 7) is 7.72. The van der Waals surface area contributed by atoms with E-state index in [1.165, 1.54) is 23.5 Å². The molecule has 9 heteroatoms. The summed E-state index contributed by atoms with van der Waals surface area (Å²) in [5.41, 5.74) is 0.890. The van der Waals surface area contributed by atoms with Gasteiger partial charge in [-0.2, -0.15) is 13.2 Å². The van der Waals surface area contributed by atoms with Crippen molar-refractivity contribution in [2.45, 2.75) is 52.0 Å². The van der Waals surface area contributed by atoms with Crippen LogP contribution in [0, 0.1) is 6.92 Å². The summed E-state index contributed by atoms with van der Waals surface area (Å²) >= 11 is 1.35. The second-order valence-corrected chi connectivity index (χ2v) is 9.32. The summed E-state index contributed by atoms with van der Waals surface area (Å²) in [5, 5.41) is 9.92. The monoisotopic (exact) mass is 493 g/mol. The Morgan fingerprint density at radius 2 is 1.82 bits per heavy atom. The van der Waals surface area contributed by atoms with Crippen LogP contribution in [0.1, 0.15) is 42.3 Å². The van der Waals surface area contributed by atoms with Crippen molar-refractivity contribution >= 4 is 17.3 Å². The summed E-state index contributed by atoms with van der Waals surface area (Å²) in [5.74, 6) is -0.393. The van der Waals surface area contributed by atoms with E-state index in [0.717, 1.165) is 28.1 Å². The Labute approximate surface area is 200 Å². The number of carbonyl (C=O) groups is 1. The number of hydrogen-bond donors (Lipinski definition) is 1. The van der Waals surface area contributed by atoms with Crippen molar-refractivity contribution in [1.29, 1.82) is 0 Å². The third-order valence-corrected chi connectivity index (χ3v) is 6.65. The molecule has 0 fully saturated rings. The number of aromatic nitrogens is 1. The van der Waals surface area contributed by atoms with Crippen molar-refractivity contribution in [3.63, 3.8) is 0 Å². The van der Waals surface area contributed by atoms with Crippen LogP contribution in [0.25, 0.3) is 10.6 Å². The minimum absolute atomic E-state index is 0.254. The van der Waals surface area contributed by atoms with Gasteiger partial charge < -0.3 is 14.6 Å². The predicted octanol–water partition coefficient (Wildman–Crippen LogP) is 6.48. The van der Waals surface area contributed by atoms with Gasteiger partial charge in [-0.05, 0) is 63.1 Å². The molecule has 1 N–H and O–H groups in total. The molecule has 2 aromatic carbocycles. The Morgan fingerprint density at radius 3 is 2.38 bits per heavy atom. The minimum Gasteiger partial charge on any atom is -0.482 e. The lowest BCUT2D eigenvalue weighted by atomic mass is 10.0. The van der Waals surface area contributed by atoms with Gasteiger partial charge in [0.1, 0.15) is 16.4 Å². The van der Waals surface area contributed by atoms with Crippen LogP contribution < -0.4 is 4.74 Å². The number of ether oxygens (including phenoxy) is 2. The van der Waals surface area contributed by atoms with Crippen molar-refractivity contribution in [3.05, 3.63) is 70.2 Å². The van der Waals surface area contributed by atoms with E-state index in [4.69, 9.17) is 9.47 Å². The Kier molecular flexibility index (Phi) is 7.67. The van der Waals surface area contributed by atoms with Crippen molar-refractivity contribution in [2.24, 2.45) is 0 Å². The zero-order valence-corrected chi connectivity index (χ0v) is 20.1. The number of nitrogens with zero attached hydrogens (tertiary/aromatic N) is 1. The molecule has 34 heavy (non-hydrogen) atoms. The third-order valence-electron chi connectivity index (χ3n) is 5.29. The standard InChI is InChI=1S/C25H26F3NO4S/c1-5-32-20(23(30)31)13-17-8-11-19(12-15(17)2)33-24(3,4)21-14-29-22(34-21)16-6-9-18(10-7-16)25(26,27)28/h6-12,14,20H,5,13H2,1-4H3,(H,30,31). The molecule has 1 unspecified atom stereocenters. The lowest BCUT2D eigenvalue weighted by Gasteiger charge is -2.25. The van der Waals surface area contributed by atoms with Gasteiger partial charge in [0.05, 0.1) is 10.4 Å². The van der Waals surface area contributed by atoms with Crippen LogP contribution in [-0.4, -0.2) is 28.8 Å². The minimum atomic E-state index is -4.38. The molecule has 1 heterocycles. The van der Waals surface area contributed by atoms with Gasteiger partial charge in [-0.1, -0.05) is 18.2 Å². The lowest BCUT2D eigenvalue weighted by molar-refractivity contribution is -0.150. The van der Waals surface area contributed by atoms with Crippen molar-refractivity contribution < 1.29 is 32.5 Å². The highest BCUT2D eigenvalue weighted by atomic mass is 32.1. The van der Waals surface area contributed by atoms with Crippen LogP contribution in [0.5, 0.6) is 5.75 Å². The molecule has 5 nitrogen and oxygen atoms in total. The van der Waals surface area contributed by atoms with Crippen LogP contribution in [-0.2, 0) is 27.7 Å². The average Bonchev–Trinajstić information content (AvgIpc) is 3.25. The van der Waals surface area contributed by atoms with E-state index in [9.17, 15) is 23.1 Å². The predicted molar refractivity (Wildman–Crippen MR) is 124 cm³/mol. The van der Waals surface area contributed by atoms with Gasteiger partial charge in [0, 0.05) is 24.8 Å². The largest absolute Gasteiger partial charge is 0.482 e. The molecular formula is C25H26F3NO4S. The van der Waals surface area contributed by atoms with Crippen molar-refractivity contribution in [1.82, 2.24) is 4.98 Å². The van der Waals surface area contributed by atoms with Gasteiger partial charge in [0.15, 0.2) is 6.10 Å². The molecule has 0 spiro atoms. The third kappa shape index (κ3) is 6.15. The molecule has 182 valence electrons. The number of thiazole rings is 1. The highest BCUT2D eigenvalue weighted by Crippen LogP contribution is 2.37. The van der Waals surface area contributed by atoms with Crippen LogP contribution in [0.15, 0.2) is 48.7 Å². The normalized spacial score (nSPS) is 13.0. The molecule has 0 saturated heterocycles. The van der Waals surface area contributed by atoms with Crippen molar-refractivity contribution in [3.8, 4) is 16.3 Å². The van der Waals surface area contributed by atoms with Gasteiger partial charge in [-0.25, -0.2) is 9.78 Å². The van der Waals surface area contributed by atoms with Gasteiger partial charge in [0.25, 0.3) is 0 Å². The van der Waals surface area contributed by atoms with Crippen LogP contribution in [0.3, 0.4) is 0 Å². The number of aryl methyl sites for hydroxylation is 1. The van der Waals surface area contributed by atoms with Crippen molar-refractivity contribution in [2.75, 3.05) is 6.61 Å². The molecule has 1 aromatic heterocycles. The maximum absolute atomic E-state index is 12.8. The van der Waals surface area contributed by atoms with E-state index in [1.54, 1.807) is 19.2 Å². The Hall–Kier alpha value is -2.91. The molecule has 0 bridgehead atoms. The van der Waals surface area contributed by atoms with Crippen LogP contribution in [0.4, 0.5) is 13.2 Å². The van der Waals surface area contributed by atoms with Gasteiger partial charge in [0.2, 0.25) is 0 Å². The molecular weight excluding hydrogens is 467 g/mol. The number of carboxylic acids is 1. The highest BCUT2D eigenvalue weighted by molar-refractivity contribution is 7.15. The smallest absolute Gasteiger partial charge is 0.416 e. The molecule has 3 rings (SSSR count). The molecule has 0 amide bonds. The van der Waals surface area contributed by atoms with Crippen LogP contribution >= 0.6 is 11.3 Å². The first-order valence-electron chi connectivity index (χ1n) is 10.7. The molecule has 0 aliphatic carbocycles. The molecule has 3 aromatic rings. The zero-order valence-electron chi connectivity index (χ0n) is 19.3. The SMILES string of the molecule is CCOC(Cc1ccc(OC(C)(C)c2cnc(-c3ccc(C(F)(F)F)cc3)s2)cc1C)C(=O)O. The molecule has 0 aliphatic rings. The topological polar surface area (TPSA) is 68.7 Å². The maximum atomic E-state index is 12.8. The first-order chi connectivity index (χ1) is 15.9. The summed E-state index contributed by atoms with van der Waals surface area (Å²) in [6.07, 6.45) is -3.37. The molecule has 0 aliphatic heterocycles. The fourth-order valence-electron chi connectivity index (χ4n) is 3.41. The maximum Gasteiger partial charge on any atom is 0.416 e. The van der Waals surface area contributed by atoms with Gasteiger partial charge in [-0.3, -0.25) is 0 Å². The Bertz CT molecular complexity index is 1140. The quantitative estimate of drug-likeness (QED) is 0.369. The van der Waals surface area contributed by atoms with E-state index >= 15 is 0 Å². The van der Waals surface area contributed by atoms with E-state index in [2.05, 4.69) is 4.98 Å². The Morgan fingerprint density at radius 1 is 1.15 bits per heavy atom. The van der Waals surface area contributed by atoms with E-state index in [0.29, 0.717) is 22.9 Å². The average molecular weight is 494 g/mol. The first kappa shape index (κ1) is 25.7. The fourth-order valence-corrected chi connectivity index (χ4v) is 4.37. The fraction of sp³-hybridized carbons (Fsp3) is 0.360. The second kappa shape index (κ2) is 10.1. The second-order valence-electron chi connectivity index (χ2n) is 8.29. The summed E-state index contributed by atoms with van der Waals surface area (Å²) in [6, 6.07) is 10.4. The summed E-state index contributed by atoms with van der Waals surface area (Å²) < 4.78 is 50.0. The number of hydrogen-bond acceptors (Lipinski definition) is 5. The van der Waals surface area contributed by atoms with E-state index in [-0.39, 0.29) is 6.42 Å². The molecule has 0 radical (unpaired) electrons. The van der Waals surface area contributed by atoms with Crippen LogP contribution in [0.2, 0.25) is 0 Å². The first-order valence-corrected chi connectivity index (χ1v) is 11.5. The van der Waals surface area contributed by atoms with Gasteiger partial charge in [-0.15, -0.1) is 11.3 Å². The summed E-state index contributed by atoms with van der Waals surface area (Å²) in [4.78, 5) is 16.6. The number of benzene rings is 2. The number of halogens is 3. The number of alkyl halides is 3. The zero-order chi connectivity index (χ0) is 25.1. The van der Waals surface area contributed by atoms with E-state index in [1.807, 2.05) is 32.9 Å². The summed E-state index contributed by atoms with van der Waals surface area (Å²) in [7, 11) is 0. The molecule has 0 saturated carbocycles. The number of carboxylic acid groups (broad SMARTS) is 1. The number of aliphatic carboxylic acids is 1. The van der Waals surface area contributed by atoms with Gasteiger partial charge >= 0.3 is 12.1 Å². The lowest BCUT2D eigenvalue weighted by Crippen LogP contribution is -2.27. The van der Waals surface area contributed by atoms with E-state index < -0.39 is 29.4 Å². The number of rotatable bonds is 9. The highest BCUT2D eigenvalue weighted by Gasteiger charge is 2.30. The Balaban J connectivity index is 1.74. The molecule has 1 atom stereocenters.